The van der Waals surface area contributed by atoms with E-state index in [4.69, 9.17) is 10.00 Å². The summed E-state index contributed by atoms with van der Waals surface area (Å²) in [5.41, 5.74) is 0.527. The first kappa shape index (κ1) is 15.8. The van der Waals surface area contributed by atoms with Crippen LogP contribution in [0.1, 0.15) is 5.56 Å². The van der Waals surface area contributed by atoms with Gasteiger partial charge in [-0.05, 0) is 12.1 Å². The van der Waals surface area contributed by atoms with E-state index >= 15 is 0 Å². The maximum Gasteiger partial charge on any atom is 0.211 e. The van der Waals surface area contributed by atoms with E-state index in [9.17, 15) is 8.42 Å². The minimum Gasteiger partial charge on any atom is -0.491 e. The lowest BCUT2D eigenvalue weighted by Gasteiger charge is -2.33. The molecular weight excluding hydrogens is 290 g/mol. The standard InChI is InChI=1S/C14H19N3O3S/c1-21(18,19)17-8-6-16(7-9-17)10-11-20-14-5-3-2-4-13(14)12-15/h2-5H,6-11H2,1H3. The van der Waals surface area contributed by atoms with Gasteiger partial charge in [-0.1, -0.05) is 12.1 Å². The van der Waals surface area contributed by atoms with Gasteiger partial charge in [-0.25, -0.2) is 8.42 Å². The van der Waals surface area contributed by atoms with E-state index in [1.54, 1.807) is 18.2 Å². The third kappa shape index (κ3) is 4.43. The smallest absolute Gasteiger partial charge is 0.211 e. The van der Waals surface area contributed by atoms with Crippen LogP contribution in [0.5, 0.6) is 5.75 Å². The number of rotatable bonds is 5. The molecule has 0 aromatic heterocycles. The van der Waals surface area contributed by atoms with Gasteiger partial charge in [-0.3, -0.25) is 4.90 Å². The highest BCUT2D eigenvalue weighted by molar-refractivity contribution is 7.88. The molecular formula is C14H19N3O3S. The highest BCUT2D eigenvalue weighted by Crippen LogP contribution is 2.16. The van der Waals surface area contributed by atoms with Gasteiger partial charge in [0.15, 0.2) is 0 Å². The average Bonchev–Trinajstić information content (AvgIpc) is 2.47. The zero-order valence-corrected chi connectivity index (χ0v) is 12.8. The lowest BCUT2D eigenvalue weighted by atomic mass is 10.2. The molecule has 2 rings (SSSR count). The molecule has 1 aliphatic heterocycles. The van der Waals surface area contributed by atoms with Gasteiger partial charge in [0.25, 0.3) is 0 Å². The summed E-state index contributed by atoms with van der Waals surface area (Å²) >= 11 is 0. The fraction of sp³-hybridized carbons (Fsp3) is 0.500. The van der Waals surface area contributed by atoms with Gasteiger partial charge in [0, 0.05) is 32.7 Å². The first-order valence-corrected chi connectivity index (χ1v) is 8.65. The van der Waals surface area contributed by atoms with E-state index in [-0.39, 0.29) is 0 Å². The van der Waals surface area contributed by atoms with Crippen molar-refractivity contribution in [1.29, 1.82) is 5.26 Å². The Hall–Kier alpha value is -1.62. The maximum absolute atomic E-state index is 11.4. The van der Waals surface area contributed by atoms with Gasteiger partial charge in [0.2, 0.25) is 10.0 Å². The molecule has 0 aliphatic carbocycles. The SMILES string of the molecule is CS(=O)(=O)N1CCN(CCOc2ccccc2C#N)CC1. The van der Waals surface area contributed by atoms with Crippen LogP contribution in [0.2, 0.25) is 0 Å². The molecule has 1 saturated heterocycles. The number of para-hydroxylation sites is 1. The van der Waals surface area contributed by atoms with Crippen molar-refractivity contribution in [1.82, 2.24) is 9.21 Å². The second-order valence-electron chi connectivity index (χ2n) is 4.96. The van der Waals surface area contributed by atoms with E-state index < -0.39 is 10.0 Å². The molecule has 1 aromatic carbocycles. The second kappa shape index (κ2) is 6.89. The Kier molecular flexibility index (Phi) is 5.17. The lowest BCUT2D eigenvalue weighted by molar-refractivity contribution is 0.159. The molecule has 1 fully saturated rings. The van der Waals surface area contributed by atoms with Gasteiger partial charge in [-0.2, -0.15) is 9.57 Å². The molecule has 1 aliphatic rings. The Morgan fingerprint density at radius 1 is 1.24 bits per heavy atom. The molecule has 0 bridgehead atoms. The van der Waals surface area contributed by atoms with Gasteiger partial charge in [0.1, 0.15) is 18.4 Å². The van der Waals surface area contributed by atoms with Crippen molar-refractivity contribution in [3.63, 3.8) is 0 Å². The van der Waals surface area contributed by atoms with Crippen LogP contribution in [0, 0.1) is 11.3 Å². The fourth-order valence-electron chi connectivity index (χ4n) is 2.25. The Morgan fingerprint density at radius 3 is 2.52 bits per heavy atom. The van der Waals surface area contributed by atoms with Crippen LogP contribution in [-0.4, -0.2) is 63.2 Å². The van der Waals surface area contributed by atoms with Crippen LogP contribution in [0.3, 0.4) is 0 Å². The molecule has 0 radical (unpaired) electrons. The van der Waals surface area contributed by atoms with Crippen molar-refractivity contribution in [2.75, 3.05) is 45.6 Å². The van der Waals surface area contributed by atoms with Gasteiger partial charge in [-0.15, -0.1) is 0 Å². The summed E-state index contributed by atoms with van der Waals surface area (Å²) in [6, 6.07) is 9.23. The highest BCUT2D eigenvalue weighted by atomic mass is 32.2. The number of nitriles is 1. The molecule has 0 amide bonds. The van der Waals surface area contributed by atoms with Crippen LogP contribution in [0.25, 0.3) is 0 Å². The monoisotopic (exact) mass is 309 g/mol. The van der Waals surface area contributed by atoms with Crippen molar-refractivity contribution in [2.45, 2.75) is 0 Å². The molecule has 0 atom stereocenters. The van der Waals surface area contributed by atoms with Crippen molar-refractivity contribution in [3.05, 3.63) is 29.8 Å². The third-order valence-corrected chi connectivity index (χ3v) is 4.78. The predicted octanol–water partition coefficient (Wildman–Crippen LogP) is 0.514. The first-order chi connectivity index (χ1) is 10.0. The number of piperazine rings is 1. The molecule has 1 aromatic rings. The zero-order valence-electron chi connectivity index (χ0n) is 12.0. The molecule has 6 nitrogen and oxygen atoms in total. The van der Waals surface area contributed by atoms with Gasteiger partial charge in [0.05, 0.1) is 11.8 Å². The summed E-state index contributed by atoms with van der Waals surface area (Å²) in [7, 11) is -3.08. The summed E-state index contributed by atoms with van der Waals surface area (Å²) in [6.07, 6.45) is 1.24. The molecule has 0 unspecified atom stereocenters. The van der Waals surface area contributed by atoms with E-state index in [1.165, 1.54) is 10.6 Å². The van der Waals surface area contributed by atoms with Crippen LogP contribution in [0.15, 0.2) is 24.3 Å². The average molecular weight is 309 g/mol. The Morgan fingerprint density at radius 2 is 1.90 bits per heavy atom. The Labute approximate surface area is 125 Å². The summed E-state index contributed by atoms with van der Waals surface area (Å²) in [4.78, 5) is 2.16. The number of benzene rings is 1. The summed E-state index contributed by atoms with van der Waals surface area (Å²) < 4.78 is 30.0. The topological polar surface area (TPSA) is 73.6 Å². The van der Waals surface area contributed by atoms with E-state index in [0.717, 1.165) is 6.54 Å². The third-order valence-electron chi connectivity index (χ3n) is 3.47. The normalized spacial score (nSPS) is 17.3. The van der Waals surface area contributed by atoms with E-state index in [2.05, 4.69) is 11.0 Å². The predicted molar refractivity (Wildman–Crippen MR) is 79.5 cm³/mol. The quantitative estimate of drug-likeness (QED) is 0.792. The molecule has 7 heteroatoms. The molecule has 0 saturated carbocycles. The van der Waals surface area contributed by atoms with E-state index in [0.29, 0.717) is 44.1 Å². The van der Waals surface area contributed by atoms with Crippen LogP contribution < -0.4 is 4.74 Å². The summed E-state index contributed by atoms with van der Waals surface area (Å²) in [5.74, 6) is 0.592. The molecule has 1 heterocycles. The van der Waals surface area contributed by atoms with Crippen molar-refractivity contribution in [3.8, 4) is 11.8 Å². The molecule has 0 spiro atoms. The second-order valence-corrected chi connectivity index (χ2v) is 6.94. The lowest BCUT2D eigenvalue weighted by Crippen LogP contribution is -2.49. The summed E-state index contributed by atoms with van der Waals surface area (Å²) in [6.45, 7) is 3.66. The van der Waals surface area contributed by atoms with Crippen LogP contribution in [0.4, 0.5) is 0 Å². The maximum atomic E-state index is 11.4. The van der Waals surface area contributed by atoms with E-state index in [1.807, 2.05) is 6.07 Å². The highest BCUT2D eigenvalue weighted by Gasteiger charge is 2.22. The van der Waals surface area contributed by atoms with Crippen LogP contribution >= 0.6 is 0 Å². The number of hydrogen-bond donors (Lipinski definition) is 0. The van der Waals surface area contributed by atoms with Crippen LogP contribution in [-0.2, 0) is 10.0 Å². The van der Waals surface area contributed by atoms with Gasteiger partial charge >= 0.3 is 0 Å². The fourth-order valence-corrected chi connectivity index (χ4v) is 3.08. The minimum atomic E-state index is -3.08. The Balaban J connectivity index is 1.77. The number of hydrogen-bond acceptors (Lipinski definition) is 5. The minimum absolute atomic E-state index is 0.484. The van der Waals surface area contributed by atoms with Gasteiger partial charge < -0.3 is 4.74 Å². The number of ether oxygens (including phenoxy) is 1. The molecule has 0 N–H and O–H groups in total. The molecule has 114 valence electrons. The summed E-state index contributed by atoms with van der Waals surface area (Å²) in [5, 5.41) is 8.97. The van der Waals surface area contributed by atoms with Crippen molar-refractivity contribution in [2.24, 2.45) is 0 Å². The number of sulfonamides is 1. The Bertz CT molecular complexity index is 617. The molecule has 21 heavy (non-hydrogen) atoms. The first-order valence-electron chi connectivity index (χ1n) is 6.80. The van der Waals surface area contributed by atoms with Crippen molar-refractivity contribution < 1.29 is 13.2 Å². The van der Waals surface area contributed by atoms with Crippen molar-refractivity contribution >= 4 is 10.0 Å². The number of nitrogens with zero attached hydrogens (tertiary/aromatic N) is 3. The largest absolute Gasteiger partial charge is 0.491 e. The zero-order chi connectivity index (χ0) is 15.3.